The quantitative estimate of drug-likeness (QED) is 0.240. The summed E-state index contributed by atoms with van der Waals surface area (Å²) in [6.45, 7) is 1.30. The van der Waals surface area contributed by atoms with E-state index in [9.17, 15) is 24.5 Å². The second-order valence-electron chi connectivity index (χ2n) is 7.51. The van der Waals surface area contributed by atoms with E-state index in [1.54, 1.807) is 5.38 Å². The molecule has 0 aliphatic carbocycles. The van der Waals surface area contributed by atoms with Crippen molar-refractivity contribution in [1.82, 2.24) is 9.97 Å². The highest BCUT2D eigenvalue weighted by Crippen LogP contribution is 2.31. The summed E-state index contributed by atoms with van der Waals surface area (Å²) in [5.41, 5.74) is 5.60. The predicted octanol–water partition coefficient (Wildman–Crippen LogP) is 1.01. The minimum absolute atomic E-state index is 0.0283. The van der Waals surface area contributed by atoms with Crippen LogP contribution in [0.5, 0.6) is 5.75 Å². The van der Waals surface area contributed by atoms with E-state index >= 15 is 0 Å². The average molecular weight is 462 g/mol. The van der Waals surface area contributed by atoms with Crippen LogP contribution in [-0.4, -0.2) is 50.6 Å². The van der Waals surface area contributed by atoms with E-state index in [0.717, 1.165) is 23.6 Å². The third-order valence-electron chi connectivity index (χ3n) is 4.91. The number of nitrogen functional groups attached to an aromatic ring is 1. The van der Waals surface area contributed by atoms with Crippen molar-refractivity contribution in [3.05, 3.63) is 39.3 Å². The zero-order chi connectivity index (χ0) is 23.3. The van der Waals surface area contributed by atoms with Crippen molar-refractivity contribution in [3.8, 4) is 5.75 Å². The molecule has 0 radical (unpaired) electrons. The fraction of sp³-hybridized carbons (Fsp3) is 0.421. The number of carbonyl (C=O) groups excluding carboxylic acids is 2. The molecule has 5 N–H and O–H groups in total. The van der Waals surface area contributed by atoms with Crippen LogP contribution in [0.3, 0.4) is 0 Å². The van der Waals surface area contributed by atoms with E-state index in [2.05, 4.69) is 15.1 Å². The van der Waals surface area contributed by atoms with Gasteiger partial charge in [-0.2, -0.15) is 0 Å². The van der Waals surface area contributed by atoms with Crippen molar-refractivity contribution < 1.29 is 29.2 Å². The number of rotatable bonds is 9. The SMILES string of the molecule is CC(=O)C[C@@H]1CC[C@H](CC(=O)/C(=N\OCc2cc(=O)c(O)c[nH]2)c2csc(N)n2)B(O)O1. The maximum Gasteiger partial charge on any atom is 0.458 e. The molecule has 32 heavy (non-hydrogen) atoms. The number of Topliss-reactive ketones (excluding diaryl/α,β-unsaturated/α-hetero) is 2. The number of hydrogen-bond acceptors (Lipinski definition) is 11. The number of aromatic hydroxyl groups is 1. The summed E-state index contributed by atoms with van der Waals surface area (Å²) in [5.74, 6) is -1.35. The highest BCUT2D eigenvalue weighted by molar-refractivity contribution is 7.13. The minimum Gasteiger partial charge on any atom is -0.503 e. The van der Waals surface area contributed by atoms with Gasteiger partial charge in [-0.25, -0.2) is 4.98 Å². The number of nitrogens with zero attached hydrogens (tertiary/aromatic N) is 2. The molecule has 2 aromatic rings. The average Bonchev–Trinajstić information content (AvgIpc) is 3.15. The van der Waals surface area contributed by atoms with E-state index in [-0.39, 0.29) is 47.9 Å². The van der Waals surface area contributed by atoms with Crippen molar-refractivity contribution in [3.63, 3.8) is 0 Å². The van der Waals surface area contributed by atoms with Gasteiger partial charge in [0.25, 0.3) is 0 Å². The van der Waals surface area contributed by atoms with Crippen LogP contribution < -0.4 is 11.2 Å². The van der Waals surface area contributed by atoms with Crippen LogP contribution >= 0.6 is 11.3 Å². The molecule has 0 unspecified atom stereocenters. The maximum atomic E-state index is 13.0. The van der Waals surface area contributed by atoms with Crippen LogP contribution in [-0.2, 0) is 25.7 Å². The second kappa shape index (κ2) is 10.5. The fourth-order valence-corrected chi connectivity index (χ4v) is 3.87. The number of pyridine rings is 1. The lowest BCUT2D eigenvalue weighted by Gasteiger charge is -2.30. The number of ketones is 2. The van der Waals surface area contributed by atoms with E-state index in [4.69, 9.17) is 15.2 Å². The van der Waals surface area contributed by atoms with Gasteiger partial charge in [0.05, 0.1) is 5.69 Å². The minimum atomic E-state index is -1.18. The molecule has 0 saturated carbocycles. The lowest BCUT2D eigenvalue weighted by molar-refractivity contribution is -0.119. The molecule has 0 aromatic carbocycles. The number of anilines is 1. The molecule has 1 aliphatic rings. The Balaban J connectivity index is 1.69. The zero-order valence-corrected chi connectivity index (χ0v) is 18.1. The number of hydrogen-bond donors (Lipinski definition) is 4. The van der Waals surface area contributed by atoms with Gasteiger partial charge in [0.1, 0.15) is 11.5 Å². The van der Waals surface area contributed by atoms with Gasteiger partial charge in [-0.3, -0.25) is 14.4 Å². The van der Waals surface area contributed by atoms with Crippen LogP contribution in [0, 0.1) is 0 Å². The lowest BCUT2D eigenvalue weighted by Crippen LogP contribution is -2.38. The number of nitrogens with two attached hydrogens (primary N) is 1. The Morgan fingerprint density at radius 3 is 2.84 bits per heavy atom. The number of thiazole rings is 1. The highest BCUT2D eigenvalue weighted by Gasteiger charge is 2.37. The molecular weight excluding hydrogens is 439 g/mol. The Morgan fingerprint density at radius 1 is 1.44 bits per heavy atom. The molecule has 0 amide bonds. The Bertz CT molecular complexity index is 1070. The van der Waals surface area contributed by atoms with Gasteiger partial charge in [-0.1, -0.05) is 5.16 Å². The summed E-state index contributed by atoms with van der Waals surface area (Å²) in [5, 5.41) is 25.3. The first kappa shape index (κ1) is 23.6. The monoisotopic (exact) mass is 462 g/mol. The van der Waals surface area contributed by atoms with Crippen molar-refractivity contribution in [2.24, 2.45) is 5.16 Å². The topological polar surface area (TPSA) is 177 Å². The second-order valence-corrected chi connectivity index (χ2v) is 8.40. The summed E-state index contributed by atoms with van der Waals surface area (Å²) in [7, 11) is -1.18. The van der Waals surface area contributed by atoms with Crippen molar-refractivity contribution in [1.29, 1.82) is 0 Å². The van der Waals surface area contributed by atoms with Crippen molar-refractivity contribution in [2.45, 2.75) is 51.1 Å². The summed E-state index contributed by atoms with van der Waals surface area (Å²) in [6, 6.07) is 1.15. The molecule has 2 aromatic heterocycles. The zero-order valence-electron chi connectivity index (χ0n) is 17.3. The van der Waals surface area contributed by atoms with Crippen molar-refractivity contribution >= 4 is 40.9 Å². The molecule has 1 aliphatic heterocycles. The summed E-state index contributed by atoms with van der Waals surface area (Å²) in [6.07, 6.45) is 1.97. The number of aromatic nitrogens is 2. The third-order valence-corrected chi connectivity index (χ3v) is 5.59. The Kier molecular flexibility index (Phi) is 7.77. The highest BCUT2D eigenvalue weighted by atomic mass is 32.1. The molecule has 1 fully saturated rings. The largest absolute Gasteiger partial charge is 0.503 e. The first-order chi connectivity index (χ1) is 15.2. The van der Waals surface area contributed by atoms with Crippen LogP contribution in [0.1, 0.15) is 44.0 Å². The smallest absolute Gasteiger partial charge is 0.458 e. The van der Waals surface area contributed by atoms with Crippen LogP contribution in [0.25, 0.3) is 0 Å². The van der Waals surface area contributed by atoms with Gasteiger partial charge in [0.15, 0.2) is 29.0 Å². The number of carbonyl (C=O) groups is 2. The van der Waals surface area contributed by atoms with Crippen LogP contribution in [0.4, 0.5) is 5.13 Å². The lowest BCUT2D eigenvalue weighted by atomic mass is 9.64. The van der Waals surface area contributed by atoms with Crippen molar-refractivity contribution in [2.75, 3.05) is 5.73 Å². The van der Waals surface area contributed by atoms with E-state index in [1.165, 1.54) is 6.92 Å². The van der Waals surface area contributed by atoms with E-state index in [0.29, 0.717) is 18.5 Å². The maximum absolute atomic E-state index is 13.0. The number of oxime groups is 1. The van der Waals surface area contributed by atoms with Gasteiger partial charge in [-0.05, 0) is 19.8 Å². The molecule has 3 heterocycles. The molecule has 2 atom stereocenters. The van der Waals surface area contributed by atoms with Gasteiger partial charge in [0, 0.05) is 42.4 Å². The first-order valence-corrected chi connectivity index (χ1v) is 10.8. The van der Waals surface area contributed by atoms with E-state index < -0.39 is 29.9 Å². The van der Waals surface area contributed by atoms with Crippen LogP contribution in [0.15, 0.2) is 27.6 Å². The van der Waals surface area contributed by atoms with E-state index in [1.807, 2.05) is 0 Å². The first-order valence-electron chi connectivity index (χ1n) is 9.91. The summed E-state index contributed by atoms with van der Waals surface area (Å²) in [4.78, 5) is 47.8. The van der Waals surface area contributed by atoms with Crippen LogP contribution in [0.2, 0.25) is 5.82 Å². The third kappa shape index (κ3) is 6.25. The molecule has 3 rings (SSSR count). The Morgan fingerprint density at radius 2 is 2.22 bits per heavy atom. The Hall–Kier alpha value is -3.03. The summed E-state index contributed by atoms with van der Waals surface area (Å²) >= 11 is 1.13. The Labute approximate surface area is 187 Å². The number of aromatic amines is 1. The molecule has 0 bridgehead atoms. The number of H-pyrrole nitrogens is 1. The van der Waals surface area contributed by atoms with Gasteiger partial charge >= 0.3 is 7.12 Å². The molecule has 0 spiro atoms. The fourth-order valence-electron chi connectivity index (χ4n) is 3.32. The normalized spacial score (nSPS) is 19.1. The van der Waals surface area contributed by atoms with Gasteiger partial charge in [0.2, 0.25) is 5.43 Å². The molecular formula is C19H23BN4O7S. The van der Waals surface area contributed by atoms with Gasteiger partial charge < -0.3 is 30.3 Å². The molecule has 13 heteroatoms. The number of nitrogens with one attached hydrogen (secondary N) is 1. The van der Waals surface area contributed by atoms with Gasteiger partial charge in [-0.15, -0.1) is 11.3 Å². The molecule has 11 nitrogen and oxygen atoms in total. The standard InChI is InChI=1S/C19H23BN4O7S/c1-10(25)4-13-3-2-11(20(29)31-13)5-16(27)18(14-9-32-19(21)23-14)24-30-8-12-6-15(26)17(28)7-22-12/h6-7,9,11,13,28-29H,2-5,8H2,1H3,(H2,21,23)(H,22,26)/b24-18-/t11-,13+/m1/s1. The molecule has 170 valence electrons. The predicted molar refractivity (Wildman–Crippen MR) is 117 cm³/mol. The summed E-state index contributed by atoms with van der Waals surface area (Å²) < 4.78 is 5.48. The molecule has 1 saturated heterocycles.